The Kier molecular flexibility index (Phi) is 5.85. The third kappa shape index (κ3) is 4.35. The number of amidine groups is 1. The van der Waals surface area contributed by atoms with Gasteiger partial charge in [0.2, 0.25) is 5.84 Å². The molecular weight excluding hydrogens is 445 g/mol. The van der Waals surface area contributed by atoms with E-state index < -0.39 is 18.2 Å². The SMILES string of the molecule is FC(F)(F)C1=NN(CCc2cc3cc(Cl)cc(NCC4CCCO4)c3[nH]2)C2CNCCN12. The number of rotatable bonds is 6. The molecule has 0 bridgehead atoms. The molecule has 2 fully saturated rings. The van der Waals surface area contributed by atoms with Gasteiger partial charge in [0.15, 0.2) is 0 Å². The Morgan fingerprint density at radius 1 is 1.28 bits per heavy atom. The van der Waals surface area contributed by atoms with Crippen LogP contribution in [0.2, 0.25) is 5.02 Å². The van der Waals surface area contributed by atoms with Crippen molar-refractivity contribution in [1.82, 2.24) is 20.2 Å². The number of aromatic amines is 1. The normalized spacial score (nSPS) is 23.7. The average molecular weight is 471 g/mol. The molecule has 7 nitrogen and oxygen atoms in total. The van der Waals surface area contributed by atoms with Crippen LogP contribution in [-0.2, 0) is 11.2 Å². The minimum atomic E-state index is -4.45. The predicted molar refractivity (Wildman–Crippen MR) is 118 cm³/mol. The molecule has 11 heteroatoms. The molecule has 0 saturated carbocycles. The van der Waals surface area contributed by atoms with E-state index in [0.29, 0.717) is 44.2 Å². The van der Waals surface area contributed by atoms with Crippen molar-refractivity contribution in [1.29, 1.82) is 0 Å². The first kappa shape index (κ1) is 21.7. The highest BCUT2D eigenvalue weighted by atomic mass is 35.5. The van der Waals surface area contributed by atoms with Crippen molar-refractivity contribution >= 4 is 34.0 Å². The number of aromatic nitrogens is 1. The van der Waals surface area contributed by atoms with Crippen molar-refractivity contribution in [3.63, 3.8) is 0 Å². The van der Waals surface area contributed by atoms with Gasteiger partial charge in [0, 0.05) is 61.9 Å². The summed E-state index contributed by atoms with van der Waals surface area (Å²) in [6.07, 6.45) is -2.02. The van der Waals surface area contributed by atoms with Crippen molar-refractivity contribution in [2.24, 2.45) is 5.10 Å². The van der Waals surface area contributed by atoms with Crippen LogP contribution in [0, 0.1) is 0 Å². The maximum atomic E-state index is 13.4. The third-order valence-electron chi connectivity index (χ3n) is 6.21. The summed E-state index contributed by atoms with van der Waals surface area (Å²) in [7, 11) is 0. The minimum absolute atomic E-state index is 0.196. The lowest BCUT2D eigenvalue weighted by Gasteiger charge is -2.36. The highest BCUT2D eigenvalue weighted by Crippen LogP contribution is 2.31. The molecule has 174 valence electrons. The van der Waals surface area contributed by atoms with Crippen LogP contribution in [0.15, 0.2) is 23.3 Å². The molecule has 2 aromatic rings. The Hall–Kier alpha value is -2.17. The van der Waals surface area contributed by atoms with E-state index in [0.717, 1.165) is 41.7 Å². The number of benzene rings is 1. The van der Waals surface area contributed by atoms with Gasteiger partial charge in [-0.25, -0.2) is 0 Å². The molecule has 2 atom stereocenters. The number of hydrogen-bond donors (Lipinski definition) is 3. The molecule has 2 saturated heterocycles. The number of fused-ring (bicyclic) bond motifs is 2. The molecule has 0 radical (unpaired) electrons. The molecule has 0 aliphatic carbocycles. The van der Waals surface area contributed by atoms with Crippen LogP contribution in [0.5, 0.6) is 0 Å². The zero-order valence-corrected chi connectivity index (χ0v) is 18.3. The number of nitrogens with zero attached hydrogens (tertiary/aromatic N) is 3. The fraction of sp³-hybridized carbons (Fsp3) is 0.571. The second-order valence-corrected chi connectivity index (χ2v) is 8.88. The topological polar surface area (TPSA) is 67.9 Å². The highest BCUT2D eigenvalue weighted by molar-refractivity contribution is 6.31. The van der Waals surface area contributed by atoms with Crippen LogP contribution in [0.25, 0.3) is 10.9 Å². The number of hydrazone groups is 1. The fourth-order valence-corrected chi connectivity index (χ4v) is 4.90. The third-order valence-corrected chi connectivity index (χ3v) is 6.43. The Bertz CT molecular complexity index is 1000. The Morgan fingerprint density at radius 2 is 2.16 bits per heavy atom. The van der Waals surface area contributed by atoms with Gasteiger partial charge < -0.3 is 25.3 Å². The van der Waals surface area contributed by atoms with Gasteiger partial charge in [-0.05, 0) is 31.0 Å². The second-order valence-electron chi connectivity index (χ2n) is 8.44. The van der Waals surface area contributed by atoms with E-state index in [1.165, 1.54) is 4.90 Å². The molecule has 3 aliphatic heterocycles. The zero-order valence-electron chi connectivity index (χ0n) is 17.5. The molecule has 1 aromatic heterocycles. The Morgan fingerprint density at radius 3 is 2.94 bits per heavy atom. The number of anilines is 1. The Labute approximate surface area is 188 Å². The number of nitrogens with one attached hydrogen (secondary N) is 3. The number of piperazine rings is 1. The molecule has 2 unspecified atom stereocenters. The first-order chi connectivity index (χ1) is 15.4. The van der Waals surface area contributed by atoms with Gasteiger partial charge in [-0.15, -0.1) is 0 Å². The van der Waals surface area contributed by atoms with E-state index in [2.05, 4.69) is 20.7 Å². The van der Waals surface area contributed by atoms with Gasteiger partial charge >= 0.3 is 6.18 Å². The second kappa shape index (κ2) is 8.64. The van der Waals surface area contributed by atoms with Gasteiger partial charge in [-0.1, -0.05) is 11.6 Å². The van der Waals surface area contributed by atoms with Gasteiger partial charge in [0.25, 0.3) is 0 Å². The standard InChI is InChI=1S/C21H26ClF3N6O/c22-14-8-13-9-15(28-19(13)17(10-14)27-11-16-2-1-7-32-16)3-5-31-18-12-26-4-6-30(18)20(29-31)21(23,24)25/h8-10,16,18,26-28H,1-7,11-12H2. The van der Waals surface area contributed by atoms with Crippen molar-refractivity contribution in [3.05, 3.63) is 28.9 Å². The maximum absolute atomic E-state index is 13.4. The summed E-state index contributed by atoms with van der Waals surface area (Å²) in [6.45, 7) is 3.14. The largest absolute Gasteiger partial charge is 0.451 e. The maximum Gasteiger partial charge on any atom is 0.451 e. The van der Waals surface area contributed by atoms with E-state index in [4.69, 9.17) is 16.3 Å². The van der Waals surface area contributed by atoms with Crippen LogP contribution in [0.3, 0.4) is 0 Å². The summed E-state index contributed by atoms with van der Waals surface area (Å²) in [5.41, 5.74) is 2.76. The summed E-state index contributed by atoms with van der Waals surface area (Å²) < 4.78 is 45.9. The lowest BCUT2D eigenvalue weighted by molar-refractivity contribution is -0.0696. The molecule has 5 rings (SSSR count). The van der Waals surface area contributed by atoms with Gasteiger partial charge in [-0.2, -0.15) is 18.3 Å². The summed E-state index contributed by atoms with van der Waals surface area (Å²) in [5.74, 6) is -0.798. The summed E-state index contributed by atoms with van der Waals surface area (Å²) in [6, 6.07) is 5.77. The minimum Gasteiger partial charge on any atom is -0.381 e. The molecule has 0 spiro atoms. The number of hydrogen-bond acceptors (Lipinski definition) is 6. The monoisotopic (exact) mass is 470 g/mol. The quantitative estimate of drug-likeness (QED) is 0.604. The van der Waals surface area contributed by atoms with E-state index in [-0.39, 0.29) is 6.10 Å². The lowest BCUT2D eigenvalue weighted by atomic mass is 10.2. The van der Waals surface area contributed by atoms with Crippen molar-refractivity contribution < 1.29 is 17.9 Å². The van der Waals surface area contributed by atoms with Crippen molar-refractivity contribution in [2.75, 3.05) is 44.6 Å². The van der Waals surface area contributed by atoms with Gasteiger partial charge in [-0.3, -0.25) is 5.01 Å². The Balaban J connectivity index is 1.31. The summed E-state index contributed by atoms with van der Waals surface area (Å²) in [5, 5.41) is 13.7. The van der Waals surface area contributed by atoms with Crippen LogP contribution in [0.4, 0.5) is 18.9 Å². The van der Waals surface area contributed by atoms with Gasteiger partial charge in [0.05, 0.1) is 17.3 Å². The molecule has 0 amide bonds. The van der Waals surface area contributed by atoms with Crippen molar-refractivity contribution in [2.45, 2.75) is 37.7 Å². The van der Waals surface area contributed by atoms with Gasteiger partial charge in [0.1, 0.15) is 6.17 Å². The van der Waals surface area contributed by atoms with E-state index in [1.54, 1.807) is 5.01 Å². The average Bonchev–Trinajstić information content (AvgIpc) is 3.48. The smallest absolute Gasteiger partial charge is 0.381 e. The van der Waals surface area contributed by atoms with Crippen LogP contribution in [0.1, 0.15) is 18.5 Å². The number of halogens is 4. The fourth-order valence-electron chi connectivity index (χ4n) is 4.67. The molecule has 3 N–H and O–H groups in total. The first-order valence-electron chi connectivity index (χ1n) is 10.9. The molecular formula is C21H26ClF3N6O. The molecule has 3 aliphatic rings. The number of H-pyrrole nitrogens is 1. The van der Waals surface area contributed by atoms with Crippen LogP contribution >= 0.6 is 11.6 Å². The lowest BCUT2D eigenvalue weighted by Crippen LogP contribution is -2.57. The summed E-state index contributed by atoms with van der Waals surface area (Å²) in [4.78, 5) is 4.77. The number of ether oxygens (including phenoxy) is 1. The highest BCUT2D eigenvalue weighted by Gasteiger charge is 2.48. The van der Waals surface area contributed by atoms with Crippen LogP contribution < -0.4 is 10.6 Å². The van der Waals surface area contributed by atoms with E-state index >= 15 is 0 Å². The molecule has 1 aromatic carbocycles. The van der Waals surface area contributed by atoms with E-state index in [9.17, 15) is 13.2 Å². The zero-order chi connectivity index (χ0) is 22.3. The molecule has 32 heavy (non-hydrogen) atoms. The van der Waals surface area contributed by atoms with E-state index in [1.807, 2.05) is 18.2 Å². The first-order valence-corrected chi connectivity index (χ1v) is 11.3. The van der Waals surface area contributed by atoms with Crippen LogP contribution in [-0.4, -0.2) is 78.5 Å². The number of alkyl halides is 3. The summed E-state index contributed by atoms with van der Waals surface area (Å²) >= 11 is 6.31. The van der Waals surface area contributed by atoms with Crippen molar-refractivity contribution in [3.8, 4) is 0 Å². The predicted octanol–water partition coefficient (Wildman–Crippen LogP) is 3.38. The molecule has 4 heterocycles.